The van der Waals surface area contributed by atoms with Crippen LogP contribution >= 0.6 is 0 Å². The van der Waals surface area contributed by atoms with E-state index in [1.54, 1.807) is 37.3 Å². The van der Waals surface area contributed by atoms with Crippen LogP contribution in [0.15, 0.2) is 66.7 Å². The van der Waals surface area contributed by atoms with Crippen LogP contribution in [0.4, 0.5) is 10.1 Å². The number of ketones is 1. The van der Waals surface area contributed by atoms with Crippen molar-refractivity contribution in [1.82, 2.24) is 0 Å². The molecule has 0 aliphatic carbocycles. The first kappa shape index (κ1) is 20.9. The van der Waals surface area contributed by atoms with Crippen molar-refractivity contribution in [2.24, 2.45) is 0 Å². The molecule has 3 aromatic rings. The second-order valence-corrected chi connectivity index (χ2v) is 6.85. The van der Waals surface area contributed by atoms with Crippen molar-refractivity contribution in [3.05, 3.63) is 100 Å². The topological polar surface area (TPSA) is 72.5 Å². The van der Waals surface area contributed by atoms with Gasteiger partial charge >= 0.3 is 5.97 Å². The van der Waals surface area contributed by atoms with E-state index in [2.05, 4.69) is 5.32 Å². The Kier molecular flexibility index (Phi) is 6.37. The summed E-state index contributed by atoms with van der Waals surface area (Å²) in [5, 5.41) is 2.35. The van der Waals surface area contributed by atoms with E-state index < -0.39 is 24.3 Å². The number of nitrogens with one attached hydrogen (secondary N) is 1. The number of hydrogen-bond donors (Lipinski definition) is 1. The highest BCUT2D eigenvalue weighted by Crippen LogP contribution is 2.17. The number of hydrogen-bond acceptors (Lipinski definition) is 4. The lowest BCUT2D eigenvalue weighted by atomic mass is 9.98. The van der Waals surface area contributed by atoms with Crippen molar-refractivity contribution >= 4 is 23.3 Å². The van der Waals surface area contributed by atoms with Gasteiger partial charge in [-0.25, -0.2) is 9.18 Å². The molecule has 0 fully saturated rings. The molecule has 1 amide bonds. The minimum Gasteiger partial charge on any atom is -0.452 e. The Hall–Kier alpha value is -3.80. The summed E-state index contributed by atoms with van der Waals surface area (Å²) in [7, 11) is 0. The number of aryl methyl sites for hydroxylation is 2. The molecule has 3 rings (SSSR count). The summed E-state index contributed by atoms with van der Waals surface area (Å²) in [6.07, 6.45) is 0. The third kappa shape index (κ3) is 4.97. The van der Waals surface area contributed by atoms with Crippen LogP contribution in [0.3, 0.4) is 0 Å². The largest absolute Gasteiger partial charge is 0.452 e. The Morgan fingerprint density at radius 3 is 2.17 bits per heavy atom. The quantitative estimate of drug-likeness (QED) is 0.485. The number of halogens is 1. The number of carbonyl (C=O) groups is 3. The van der Waals surface area contributed by atoms with Crippen LogP contribution in [-0.2, 0) is 9.53 Å². The fraction of sp³-hybridized carbons (Fsp3) is 0.125. The van der Waals surface area contributed by atoms with Crippen LogP contribution in [0.25, 0.3) is 0 Å². The van der Waals surface area contributed by atoms with Gasteiger partial charge < -0.3 is 10.1 Å². The van der Waals surface area contributed by atoms with Gasteiger partial charge in [0.1, 0.15) is 5.82 Å². The van der Waals surface area contributed by atoms with Gasteiger partial charge in [0.05, 0.1) is 11.3 Å². The Balaban J connectivity index is 1.69. The average Bonchev–Trinajstić information content (AvgIpc) is 2.74. The summed E-state index contributed by atoms with van der Waals surface area (Å²) in [4.78, 5) is 37.3. The average molecular weight is 405 g/mol. The van der Waals surface area contributed by atoms with E-state index in [-0.39, 0.29) is 22.6 Å². The Labute approximate surface area is 173 Å². The minimum atomic E-state index is -0.814. The van der Waals surface area contributed by atoms with Crippen LogP contribution in [0.2, 0.25) is 0 Å². The molecule has 0 saturated carbocycles. The van der Waals surface area contributed by atoms with Gasteiger partial charge in [-0.05, 0) is 37.6 Å². The second kappa shape index (κ2) is 9.13. The molecule has 30 heavy (non-hydrogen) atoms. The van der Waals surface area contributed by atoms with E-state index >= 15 is 0 Å². The second-order valence-electron chi connectivity index (χ2n) is 6.85. The predicted octanol–water partition coefficient (Wildman–Crippen LogP) is 4.47. The molecule has 0 saturated heterocycles. The van der Waals surface area contributed by atoms with Crippen LogP contribution in [0.1, 0.15) is 37.4 Å². The minimum absolute atomic E-state index is 0.00315. The van der Waals surface area contributed by atoms with Crippen molar-refractivity contribution < 1.29 is 23.5 Å². The maximum Gasteiger partial charge on any atom is 0.339 e. The summed E-state index contributed by atoms with van der Waals surface area (Å²) in [5.41, 5.74) is 2.39. The first-order valence-corrected chi connectivity index (χ1v) is 9.28. The molecule has 0 aromatic heterocycles. The van der Waals surface area contributed by atoms with Gasteiger partial charge in [0.25, 0.3) is 5.91 Å². The van der Waals surface area contributed by atoms with Gasteiger partial charge in [-0.1, -0.05) is 54.1 Å². The van der Waals surface area contributed by atoms with E-state index in [1.165, 1.54) is 24.3 Å². The highest BCUT2D eigenvalue weighted by atomic mass is 19.1. The number of carbonyl (C=O) groups excluding carboxylic acids is 3. The molecule has 0 radical (unpaired) electrons. The SMILES string of the molecule is Cc1ccc(C(=O)c2ccccc2C(=O)OCC(=O)Nc2ccc(C)cc2F)cc1. The van der Waals surface area contributed by atoms with E-state index in [9.17, 15) is 18.8 Å². The third-order valence-electron chi connectivity index (χ3n) is 4.44. The summed E-state index contributed by atoms with van der Waals surface area (Å²) in [6.45, 7) is 3.03. The van der Waals surface area contributed by atoms with Crippen LogP contribution in [-0.4, -0.2) is 24.3 Å². The standard InChI is InChI=1S/C24H20FNO4/c1-15-7-10-17(11-8-15)23(28)18-5-3-4-6-19(18)24(29)30-14-22(27)26-21-12-9-16(2)13-20(21)25/h3-13H,14H2,1-2H3,(H,26,27). The first-order chi connectivity index (χ1) is 14.3. The van der Waals surface area contributed by atoms with Crippen molar-refractivity contribution in [2.75, 3.05) is 11.9 Å². The third-order valence-corrected chi connectivity index (χ3v) is 4.44. The lowest BCUT2D eigenvalue weighted by Gasteiger charge is -2.10. The molecule has 0 atom stereocenters. The number of esters is 1. The molecule has 3 aromatic carbocycles. The number of benzene rings is 3. The van der Waals surface area contributed by atoms with Crippen molar-refractivity contribution in [2.45, 2.75) is 13.8 Å². The molecule has 1 N–H and O–H groups in total. The van der Waals surface area contributed by atoms with Crippen molar-refractivity contribution in [3.63, 3.8) is 0 Å². The molecule has 0 spiro atoms. The van der Waals surface area contributed by atoms with Crippen LogP contribution < -0.4 is 5.32 Å². The van der Waals surface area contributed by atoms with Gasteiger partial charge in [0.15, 0.2) is 12.4 Å². The maximum atomic E-state index is 13.8. The predicted molar refractivity (Wildman–Crippen MR) is 111 cm³/mol. The van der Waals surface area contributed by atoms with Gasteiger partial charge in [-0.2, -0.15) is 0 Å². The summed E-state index contributed by atoms with van der Waals surface area (Å²) in [5.74, 6) is -2.41. The highest BCUT2D eigenvalue weighted by Gasteiger charge is 2.20. The lowest BCUT2D eigenvalue weighted by molar-refractivity contribution is -0.119. The number of amides is 1. The van der Waals surface area contributed by atoms with Gasteiger partial charge in [0, 0.05) is 11.1 Å². The molecular weight excluding hydrogens is 385 g/mol. The monoisotopic (exact) mass is 405 g/mol. The molecule has 6 heteroatoms. The molecule has 5 nitrogen and oxygen atoms in total. The molecular formula is C24H20FNO4. The van der Waals surface area contributed by atoms with Crippen LogP contribution in [0, 0.1) is 19.7 Å². The summed E-state index contributed by atoms with van der Waals surface area (Å²) >= 11 is 0. The summed E-state index contributed by atoms with van der Waals surface area (Å²) < 4.78 is 18.9. The van der Waals surface area contributed by atoms with Gasteiger partial charge in [0.2, 0.25) is 0 Å². The molecule has 0 bridgehead atoms. The Morgan fingerprint density at radius 1 is 0.867 bits per heavy atom. The van der Waals surface area contributed by atoms with E-state index in [1.807, 2.05) is 19.1 Å². The van der Waals surface area contributed by atoms with E-state index in [0.29, 0.717) is 11.1 Å². The number of rotatable bonds is 6. The van der Waals surface area contributed by atoms with Crippen molar-refractivity contribution in [1.29, 1.82) is 0 Å². The molecule has 0 aliphatic rings. The molecule has 152 valence electrons. The lowest BCUT2D eigenvalue weighted by Crippen LogP contribution is -2.22. The van der Waals surface area contributed by atoms with E-state index in [4.69, 9.17) is 4.74 Å². The zero-order valence-electron chi connectivity index (χ0n) is 16.6. The van der Waals surface area contributed by atoms with E-state index in [0.717, 1.165) is 5.56 Å². The van der Waals surface area contributed by atoms with Gasteiger partial charge in [-0.15, -0.1) is 0 Å². The number of ether oxygens (including phenoxy) is 1. The summed E-state index contributed by atoms with van der Waals surface area (Å²) in [6, 6.07) is 17.6. The normalized spacial score (nSPS) is 10.4. The van der Waals surface area contributed by atoms with Crippen LogP contribution in [0.5, 0.6) is 0 Å². The molecule has 0 aliphatic heterocycles. The smallest absolute Gasteiger partial charge is 0.339 e. The zero-order chi connectivity index (χ0) is 21.7. The van der Waals surface area contributed by atoms with Gasteiger partial charge in [-0.3, -0.25) is 9.59 Å². The first-order valence-electron chi connectivity index (χ1n) is 9.28. The Bertz CT molecular complexity index is 1110. The van der Waals surface area contributed by atoms with Crippen molar-refractivity contribution in [3.8, 4) is 0 Å². The zero-order valence-corrected chi connectivity index (χ0v) is 16.6. The number of anilines is 1. The molecule has 0 unspecified atom stereocenters. The highest BCUT2D eigenvalue weighted by molar-refractivity contribution is 6.14. The Morgan fingerprint density at radius 2 is 1.50 bits per heavy atom. The maximum absolute atomic E-state index is 13.8. The fourth-order valence-corrected chi connectivity index (χ4v) is 2.84. The molecule has 0 heterocycles. The fourth-order valence-electron chi connectivity index (χ4n) is 2.84.